The van der Waals surface area contributed by atoms with Crippen molar-refractivity contribution in [3.05, 3.63) is 34.1 Å². The Morgan fingerprint density at radius 3 is 2.62 bits per heavy atom. The van der Waals surface area contributed by atoms with Gasteiger partial charge in [-0.15, -0.1) is 0 Å². The largest absolute Gasteiger partial charge is 0.390 e. The van der Waals surface area contributed by atoms with Crippen molar-refractivity contribution < 1.29 is 19.4 Å². The molecular formula is C10H11BrFNO3. The van der Waals surface area contributed by atoms with E-state index < -0.39 is 23.9 Å². The van der Waals surface area contributed by atoms with Gasteiger partial charge < -0.3 is 15.9 Å². The third-order valence-corrected chi connectivity index (χ3v) is 2.67. The van der Waals surface area contributed by atoms with Gasteiger partial charge >= 0.3 is 0 Å². The van der Waals surface area contributed by atoms with Crippen LogP contribution in [0.25, 0.3) is 0 Å². The number of rotatable bonds is 4. The van der Waals surface area contributed by atoms with Crippen molar-refractivity contribution in [2.24, 2.45) is 5.73 Å². The molecule has 0 heterocycles. The number of hydrogen-bond donors (Lipinski definition) is 3. The summed E-state index contributed by atoms with van der Waals surface area (Å²) in [5.74, 6) is -1.19. The minimum absolute atomic E-state index is 0.176. The number of hydrogen-bond acceptors (Lipinski definition) is 3. The van der Waals surface area contributed by atoms with E-state index in [0.717, 1.165) is 6.07 Å². The number of aliphatic hydroxyl groups is 2. The van der Waals surface area contributed by atoms with Crippen molar-refractivity contribution in [3.8, 4) is 0 Å². The lowest BCUT2D eigenvalue weighted by Gasteiger charge is -2.17. The van der Waals surface area contributed by atoms with Crippen LogP contribution in [0.5, 0.6) is 0 Å². The fraction of sp³-hybridized carbons (Fsp3) is 0.300. The van der Waals surface area contributed by atoms with Crippen LogP contribution in [0, 0.1) is 5.82 Å². The Balaban J connectivity index is 2.83. The first-order valence-electron chi connectivity index (χ1n) is 4.51. The van der Waals surface area contributed by atoms with Gasteiger partial charge in [-0.25, -0.2) is 4.39 Å². The quantitative estimate of drug-likeness (QED) is 0.769. The zero-order chi connectivity index (χ0) is 12.3. The molecule has 1 aromatic rings. The van der Waals surface area contributed by atoms with E-state index in [0.29, 0.717) is 5.56 Å². The average Bonchev–Trinajstić information content (AvgIpc) is 2.20. The smallest absolute Gasteiger partial charge is 0.220 e. The highest BCUT2D eigenvalue weighted by atomic mass is 79.9. The summed E-state index contributed by atoms with van der Waals surface area (Å²) in [5.41, 5.74) is 5.19. The van der Waals surface area contributed by atoms with E-state index in [2.05, 4.69) is 15.9 Å². The Morgan fingerprint density at radius 1 is 1.50 bits per heavy atom. The van der Waals surface area contributed by atoms with E-state index in [-0.39, 0.29) is 10.9 Å². The van der Waals surface area contributed by atoms with Crippen LogP contribution in [0.3, 0.4) is 0 Å². The molecular weight excluding hydrogens is 281 g/mol. The van der Waals surface area contributed by atoms with Gasteiger partial charge in [0.05, 0.1) is 17.0 Å². The van der Waals surface area contributed by atoms with E-state index in [9.17, 15) is 19.4 Å². The zero-order valence-electron chi connectivity index (χ0n) is 8.23. The molecule has 6 heteroatoms. The maximum absolute atomic E-state index is 12.9. The molecule has 2 atom stereocenters. The van der Waals surface area contributed by atoms with Gasteiger partial charge in [-0.1, -0.05) is 6.07 Å². The van der Waals surface area contributed by atoms with Gasteiger partial charge in [-0.3, -0.25) is 4.79 Å². The van der Waals surface area contributed by atoms with Gasteiger partial charge in [0, 0.05) is 0 Å². The van der Waals surface area contributed by atoms with Crippen LogP contribution < -0.4 is 5.73 Å². The van der Waals surface area contributed by atoms with Crippen LogP contribution in [0.2, 0.25) is 0 Å². The number of amides is 1. The SMILES string of the molecule is NC(=O)CC(O)C(O)c1ccc(F)c(Br)c1. The molecule has 0 saturated carbocycles. The highest BCUT2D eigenvalue weighted by Gasteiger charge is 2.20. The number of halogens is 2. The van der Waals surface area contributed by atoms with E-state index >= 15 is 0 Å². The third kappa shape index (κ3) is 3.26. The molecule has 0 aliphatic rings. The summed E-state index contributed by atoms with van der Waals surface area (Å²) in [7, 11) is 0. The number of carbonyl (C=O) groups excluding carboxylic acids is 1. The van der Waals surface area contributed by atoms with Crippen LogP contribution >= 0.6 is 15.9 Å². The lowest BCUT2D eigenvalue weighted by atomic mass is 10.0. The fourth-order valence-electron chi connectivity index (χ4n) is 1.24. The molecule has 4 nitrogen and oxygen atoms in total. The van der Waals surface area contributed by atoms with Crippen LogP contribution in [-0.4, -0.2) is 22.2 Å². The number of benzene rings is 1. The summed E-state index contributed by atoms with van der Waals surface area (Å²) in [6.45, 7) is 0. The Hall–Kier alpha value is -0.980. The van der Waals surface area contributed by atoms with Crippen molar-refractivity contribution in [2.75, 3.05) is 0 Å². The second-order valence-electron chi connectivity index (χ2n) is 3.36. The first kappa shape index (κ1) is 13.1. The summed E-state index contributed by atoms with van der Waals surface area (Å²) in [6, 6.07) is 3.82. The summed E-state index contributed by atoms with van der Waals surface area (Å²) in [5, 5.41) is 19.1. The average molecular weight is 292 g/mol. The molecule has 0 fully saturated rings. The van der Waals surface area contributed by atoms with Crippen molar-refractivity contribution >= 4 is 21.8 Å². The molecule has 0 bridgehead atoms. The van der Waals surface area contributed by atoms with E-state index in [4.69, 9.17) is 5.73 Å². The van der Waals surface area contributed by atoms with Gasteiger partial charge in [0.2, 0.25) is 5.91 Å². The summed E-state index contributed by atoms with van der Waals surface area (Å²) < 4.78 is 13.1. The summed E-state index contributed by atoms with van der Waals surface area (Å²) in [4.78, 5) is 10.5. The molecule has 16 heavy (non-hydrogen) atoms. The maximum atomic E-state index is 12.9. The molecule has 88 valence electrons. The topological polar surface area (TPSA) is 83.6 Å². The summed E-state index contributed by atoms with van der Waals surface area (Å²) >= 11 is 2.95. The molecule has 4 N–H and O–H groups in total. The predicted molar refractivity (Wildman–Crippen MR) is 58.9 cm³/mol. The summed E-state index contributed by atoms with van der Waals surface area (Å²) in [6.07, 6.45) is -2.92. The van der Waals surface area contributed by atoms with Crippen molar-refractivity contribution in [2.45, 2.75) is 18.6 Å². The predicted octanol–water partition coefficient (Wildman–Crippen LogP) is 0.858. The lowest BCUT2D eigenvalue weighted by Crippen LogP contribution is -2.25. The number of aliphatic hydroxyl groups excluding tert-OH is 2. The molecule has 0 aromatic heterocycles. The van der Waals surface area contributed by atoms with Gasteiger partial charge in [0.25, 0.3) is 0 Å². The number of nitrogens with two attached hydrogens (primary N) is 1. The molecule has 2 unspecified atom stereocenters. The molecule has 1 amide bonds. The zero-order valence-corrected chi connectivity index (χ0v) is 9.82. The highest BCUT2D eigenvalue weighted by molar-refractivity contribution is 9.10. The Morgan fingerprint density at radius 2 is 2.12 bits per heavy atom. The first-order valence-corrected chi connectivity index (χ1v) is 5.30. The second kappa shape index (κ2) is 5.38. The Labute approximate surface area is 100 Å². The van der Waals surface area contributed by atoms with E-state index in [1.54, 1.807) is 0 Å². The second-order valence-corrected chi connectivity index (χ2v) is 4.21. The van der Waals surface area contributed by atoms with Gasteiger partial charge in [-0.2, -0.15) is 0 Å². The van der Waals surface area contributed by atoms with Gasteiger partial charge in [0.1, 0.15) is 11.9 Å². The Bertz CT molecular complexity index is 400. The first-order chi connectivity index (χ1) is 7.41. The minimum atomic E-state index is -1.30. The molecule has 1 rings (SSSR count). The van der Waals surface area contributed by atoms with Crippen LogP contribution in [0.15, 0.2) is 22.7 Å². The molecule has 0 saturated heterocycles. The highest BCUT2D eigenvalue weighted by Crippen LogP contribution is 2.24. The molecule has 0 aliphatic carbocycles. The maximum Gasteiger partial charge on any atom is 0.220 e. The van der Waals surface area contributed by atoms with Crippen LogP contribution in [0.4, 0.5) is 4.39 Å². The number of primary amides is 1. The Kier molecular flexibility index (Phi) is 4.40. The standard InChI is InChI=1S/C10H11BrFNO3/c11-6-3-5(1-2-7(6)12)10(16)8(14)4-9(13)15/h1-3,8,10,14,16H,4H2,(H2,13,15). The van der Waals surface area contributed by atoms with E-state index in [1.807, 2.05) is 0 Å². The van der Waals surface area contributed by atoms with Crippen molar-refractivity contribution in [3.63, 3.8) is 0 Å². The van der Waals surface area contributed by atoms with E-state index in [1.165, 1.54) is 12.1 Å². The van der Waals surface area contributed by atoms with Crippen molar-refractivity contribution in [1.29, 1.82) is 0 Å². The lowest BCUT2D eigenvalue weighted by molar-refractivity contribution is -0.121. The van der Waals surface area contributed by atoms with Crippen molar-refractivity contribution in [1.82, 2.24) is 0 Å². The monoisotopic (exact) mass is 291 g/mol. The molecule has 1 aromatic carbocycles. The van der Waals surface area contributed by atoms with Crippen LogP contribution in [0.1, 0.15) is 18.1 Å². The number of carbonyl (C=O) groups is 1. The minimum Gasteiger partial charge on any atom is -0.390 e. The third-order valence-electron chi connectivity index (χ3n) is 2.06. The molecule has 0 aliphatic heterocycles. The van der Waals surface area contributed by atoms with Gasteiger partial charge in [-0.05, 0) is 33.6 Å². The fourth-order valence-corrected chi connectivity index (χ4v) is 1.63. The molecule has 0 spiro atoms. The van der Waals surface area contributed by atoms with Crippen LogP contribution in [-0.2, 0) is 4.79 Å². The molecule has 0 radical (unpaired) electrons. The normalized spacial score (nSPS) is 14.5. The van der Waals surface area contributed by atoms with Gasteiger partial charge in [0.15, 0.2) is 0 Å².